The van der Waals surface area contributed by atoms with Crippen molar-refractivity contribution < 1.29 is 9.53 Å². The topological polar surface area (TPSA) is 72.3 Å². The SMILES string of the molecule is C[C@@H](C(=O)NCCc1cccs1)N1CCO[C@H](Cn2cncn2)C1. The average Bonchev–Trinajstić information content (AvgIpc) is 3.28. The number of hydrogen-bond donors (Lipinski definition) is 1. The lowest BCUT2D eigenvalue weighted by Crippen LogP contribution is -2.53. The third-order valence-electron chi connectivity index (χ3n) is 4.21. The fourth-order valence-corrected chi connectivity index (χ4v) is 3.53. The Hall–Kier alpha value is -1.77. The highest BCUT2D eigenvalue weighted by Gasteiger charge is 2.28. The largest absolute Gasteiger partial charge is 0.374 e. The average molecular weight is 349 g/mol. The molecule has 1 aliphatic heterocycles. The zero-order chi connectivity index (χ0) is 16.8. The summed E-state index contributed by atoms with van der Waals surface area (Å²) in [5.41, 5.74) is 0. The Morgan fingerprint density at radius 3 is 3.25 bits per heavy atom. The highest BCUT2D eigenvalue weighted by atomic mass is 32.1. The lowest BCUT2D eigenvalue weighted by atomic mass is 10.2. The number of aromatic nitrogens is 3. The summed E-state index contributed by atoms with van der Waals surface area (Å²) in [7, 11) is 0. The maximum Gasteiger partial charge on any atom is 0.237 e. The minimum atomic E-state index is -0.157. The third kappa shape index (κ3) is 4.62. The van der Waals surface area contributed by atoms with E-state index in [0.717, 1.165) is 19.5 Å². The van der Waals surface area contributed by atoms with E-state index >= 15 is 0 Å². The molecule has 7 nitrogen and oxygen atoms in total. The number of carbonyl (C=O) groups is 1. The first kappa shape index (κ1) is 17.1. The van der Waals surface area contributed by atoms with Crippen molar-refractivity contribution in [2.24, 2.45) is 0 Å². The maximum absolute atomic E-state index is 12.4. The van der Waals surface area contributed by atoms with Crippen molar-refractivity contribution in [2.45, 2.75) is 32.0 Å². The first-order valence-corrected chi connectivity index (χ1v) is 9.08. The molecule has 1 amide bonds. The van der Waals surface area contributed by atoms with Crippen LogP contribution in [0.4, 0.5) is 0 Å². The summed E-state index contributed by atoms with van der Waals surface area (Å²) in [6.07, 6.45) is 4.11. The Morgan fingerprint density at radius 1 is 1.58 bits per heavy atom. The molecule has 2 aromatic heterocycles. The zero-order valence-corrected chi connectivity index (χ0v) is 14.6. The first-order chi connectivity index (χ1) is 11.7. The van der Waals surface area contributed by atoms with Gasteiger partial charge in [0.1, 0.15) is 12.7 Å². The van der Waals surface area contributed by atoms with Gasteiger partial charge in [0.15, 0.2) is 0 Å². The second kappa shape index (κ2) is 8.36. The van der Waals surface area contributed by atoms with E-state index in [0.29, 0.717) is 19.7 Å². The third-order valence-corrected chi connectivity index (χ3v) is 5.14. The van der Waals surface area contributed by atoms with Crippen molar-refractivity contribution in [3.05, 3.63) is 35.0 Å². The van der Waals surface area contributed by atoms with Crippen molar-refractivity contribution in [3.8, 4) is 0 Å². The molecule has 8 heteroatoms. The van der Waals surface area contributed by atoms with Gasteiger partial charge in [-0.2, -0.15) is 5.10 Å². The molecule has 1 saturated heterocycles. The lowest BCUT2D eigenvalue weighted by Gasteiger charge is -2.36. The summed E-state index contributed by atoms with van der Waals surface area (Å²) < 4.78 is 7.54. The minimum absolute atomic E-state index is 0.0295. The van der Waals surface area contributed by atoms with Gasteiger partial charge in [-0.15, -0.1) is 11.3 Å². The van der Waals surface area contributed by atoms with Gasteiger partial charge in [0, 0.05) is 24.5 Å². The highest BCUT2D eigenvalue weighted by molar-refractivity contribution is 7.09. The number of ether oxygens (including phenoxy) is 1. The molecule has 130 valence electrons. The highest BCUT2D eigenvalue weighted by Crippen LogP contribution is 2.11. The normalized spacial score (nSPS) is 20.0. The molecule has 0 aliphatic carbocycles. The summed E-state index contributed by atoms with van der Waals surface area (Å²) in [6.45, 7) is 5.41. The zero-order valence-electron chi connectivity index (χ0n) is 13.8. The van der Waals surface area contributed by atoms with Crippen LogP contribution < -0.4 is 5.32 Å². The Morgan fingerprint density at radius 2 is 2.50 bits per heavy atom. The Kier molecular flexibility index (Phi) is 5.95. The fraction of sp³-hybridized carbons (Fsp3) is 0.562. The van der Waals surface area contributed by atoms with E-state index in [1.807, 2.05) is 13.0 Å². The van der Waals surface area contributed by atoms with Crippen molar-refractivity contribution >= 4 is 17.2 Å². The second-order valence-corrected chi connectivity index (χ2v) is 6.93. The Bertz CT molecular complexity index is 616. The number of thiophene rings is 1. The molecule has 1 N–H and O–H groups in total. The van der Waals surface area contributed by atoms with Crippen LogP contribution in [0.25, 0.3) is 0 Å². The van der Waals surface area contributed by atoms with E-state index in [2.05, 4.69) is 31.7 Å². The van der Waals surface area contributed by atoms with E-state index in [1.54, 1.807) is 22.3 Å². The minimum Gasteiger partial charge on any atom is -0.374 e. The molecular formula is C16H23N5O2S. The number of carbonyl (C=O) groups excluding carboxylic acids is 1. The second-order valence-electron chi connectivity index (χ2n) is 5.90. The van der Waals surface area contributed by atoms with E-state index in [4.69, 9.17) is 4.74 Å². The van der Waals surface area contributed by atoms with E-state index in [-0.39, 0.29) is 18.1 Å². The van der Waals surface area contributed by atoms with Crippen LogP contribution in [-0.2, 0) is 22.5 Å². The molecule has 1 fully saturated rings. The standard InChI is InChI=1S/C16H23N5O2S/c1-13(16(22)18-5-4-15-3-2-8-24-15)20-6-7-23-14(9-20)10-21-12-17-11-19-21/h2-3,8,11-14H,4-7,9-10H2,1H3,(H,18,22)/t13-,14-/m0/s1. The van der Waals surface area contributed by atoms with Gasteiger partial charge in [0.2, 0.25) is 5.91 Å². The van der Waals surface area contributed by atoms with Gasteiger partial charge in [-0.05, 0) is 24.8 Å². The predicted octanol–water partition coefficient (Wildman–Crippen LogP) is 0.788. The van der Waals surface area contributed by atoms with Gasteiger partial charge < -0.3 is 10.1 Å². The van der Waals surface area contributed by atoms with Crippen LogP contribution in [-0.4, -0.2) is 64.0 Å². The summed E-state index contributed by atoms with van der Waals surface area (Å²) in [5.74, 6) is 0.0768. The molecule has 0 spiro atoms. The number of nitrogens with one attached hydrogen (secondary N) is 1. The first-order valence-electron chi connectivity index (χ1n) is 8.20. The van der Waals surface area contributed by atoms with E-state index < -0.39 is 0 Å². The molecular weight excluding hydrogens is 326 g/mol. The van der Waals surface area contributed by atoms with Gasteiger partial charge in [-0.25, -0.2) is 4.98 Å². The molecule has 3 heterocycles. The number of nitrogens with zero attached hydrogens (tertiary/aromatic N) is 4. The molecule has 0 radical (unpaired) electrons. The van der Waals surface area contributed by atoms with Gasteiger partial charge in [0.25, 0.3) is 0 Å². The van der Waals surface area contributed by atoms with Crippen LogP contribution in [0, 0.1) is 0 Å². The van der Waals surface area contributed by atoms with E-state index in [1.165, 1.54) is 11.2 Å². The van der Waals surface area contributed by atoms with Crippen LogP contribution in [0.1, 0.15) is 11.8 Å². The number of rotatable bonds is 7. The van der Waals surface area contributed by atoms with Crippen molar-refractivity contribution in [1.29, 1.82) is 0 Å². The molecule has 0 aromatic carbocycles. The lowest BCUT2D eigenvalue weighted by molar-refractivity contribution is -0.129. The smallest absolute Gasteiger partial charge is 0.237 e. The summed E-state index contributed by atoms with van der Waals surface area (Å²) >= 11 is 1.72. The van der Waals surface area contributed by atoms with E-state index in [9.17, 15) is 4.79 Å². The van der Waals surface area contributed by atoms with Gasteiger partial charge in [-0.3, -0.25) is 14.4 Å². The van der Waals surface area contributed by atoms with Crippen LogP contribution in [0.2, 0.25) is 0 Å². The van der Waals surface area contributed by atoms with Crippen LogP contribution in [0.3, 0.4) is 0 Å². The molecule has 2 atom stereocenters. The molecule has 0 unspecified atom stereocenters. The monoisotopic (exact) mass is 349 g/mol. The van der Waals surface area contributed by atoms with Crippen LogP contribution in [0.15, 0.2) is 30.2 Å². The maximum atomic E-state index is 12.4. The summed E-state index contributed by atoms with van der Waals surface area (Å²) in [6, 6.07) is 3.97. The quantitative estimate of drug-likeness (QED) is 0.800. The number of hydrogen-bond acceptors (Lipinski definition) is 6. The van der Waals surface area contributed by atoms with Crippen molar-refractivity contribution in [3.63, 3.8) is 0 Å². The molecule has 0 saturated carbocycles. The molecule has 1 aliphatic rings. The summed E-state index contributed by atoms with van der Waals surface area (Å²) in [5, 5.41) is 9.20. The Balaban J connectivity index is 1.44. The van der Waals surface area contributed by atoms with Crippen molar-refractivity contribution in [1.82, 2.24) is 25.0 Å². The number of amides is 1. The molecule has 2 aromatic rings. The van der Waals surface area contributed by atoms with Crippen molar-refractivity contribution in [2.75, 3.05) is 26.2 Å². The predicted molar refractivity (Wildman–Crippen MR) is 91.8 cm³/mol. The molecule has 0 bridgehead atoms. The van der Waals surface area contributed by atoms with Crippen LogP contribution >= 0.6 is 11.3 Å². The van der Waals surface area contributed by atoms with Gasteiger partial charge in [-0.1, -0.05) is 6.07 Å². The summed E-state index contributed by atoms with van der Waals surface area (Å²) in [4.78, 5) is 19.8. The number of morpholine rings is 1. The Labute approximate surface area is 145 Å². The van der Waals surface area contributed by atoms with Gasteiger partial charge >= 0.3 is 0 Å². The fourth-order valence-electron chi connectivity index (χ4n) is 2.82. The van der Waals surface area contributed by atoms with Crippen LogP contribution in [0.5, 0.6) is 0 Å². The molecule has 3 rings (SSSR count). The molecule has 24 heavy (non-hydrogen) atoms. The van der Waals surface area contributed by atoms with Gasteiger partial charge in [0.05, 0.1) is 25.3 Å².